The molecular weight excluding hydrogens is 387 g/mol. The molecule has 26 heavy (non-hydrogen) atoms. The Bertz CT molecular complexity index is 986. The Morgan fingerprint density at radius 2 is 1.73 bits per heavy atom. The number of nitrogens with zero attached hydrogens (tertiary/aromatic N) is 2. The number of aromatic nitrogens is 2. The van der Waals surface area contributed by atoms with Crippen LogP contribution < -0.4 is 4.72 Å². The average Bonchev–Trinajstić information content (AvgIpc) is 3.14. The van der Waals surface area contributed by atoms with E-state index in [0.717, 1.165) is 29.8 Å². The number of alkyl halides is 3. The molecule has 10 heteroatoms. The number of hydrogen-bond acceptors (Lipinski definition) is 5. The number of benzene rings is 1. The summed E-state index contributed by atoms with van der Waals surface area (Å²) >= 11 is 1.47. The van der Waals surface area contributed by atoms with E-state index in [1.165, 1.54) is 23.7 Å². The molecular formula is C16H12F3N3O2S2. The van der Waals surface area contributed by atoms with Crippen molar-refractivity contribution in [1.29, 1.82) is 0 Å². The lowest BCUT2D eigenvalue weighted by molar-refractivity contribution is -0.137. The first-order valence-corrected chi connectivity index (χ1v) is 9.69. The largest absolute Gasteiger partial charge is 0.416 e. The van der Waals surface area contributed by atoms with Gasteiger partial charge in [0, 0.05) is 23.3 Å². The van der Waals surface area contributed by atoms with Gasteiger partial charge in [0.15, 0.2) is 0 Å². The normalized spacial score (nSPS) is 12.3. The zero-order chi connectivity index (χ0) is 18.8. The van der Waals surface area contributed by atoms with Gasteiger partial charge in [-0.1, -0.05) is 0 Å². The summed E-state index contributed by atoms with van der Waals surface area (Å²) in [6, 6.07) is 5.13. The van der Waals surface area contributed by atoms with Crippen LogP contribution in [-0.4, -0.2) is 18.4 Å². The fraction of sp³-hybridized carbons (Fsp3) is 0.125. The Morgan fingerprint density at radius 1 is 1.04 bits per heavy atom. The van der Waals surface area contributed by atoms with Crippen LogP contribution in [0.2, 0.25) is 0 Å². The van der Waals surface area contributed by atoms with Crippen molar-refractivity contribution >= 4 is 21.4 Å². The smallest absolute Gasteiger partial charge is 0.256 e. The van der Waals surface area contributed by atoms with Crippen LogP contribution >= 0.6 is 11.3 Å². The first-order chi connectivity index (χ1) is 12.3. The van der Waals surface area contributed by atoms with Crippen LogP contribution in [0.1, 0.15) is 11.3 Å². The summed E-state index contributed by atoms with van der Waals surface area (Å²) in [6.07, 6.45) is -1.58. The predicted molar refractivity (Wildman–Crippen MR) is 90.8 cm³/mol. The minimum atomic E-state index is -4.52. The van der Waals surface area contributed by atoms with E-state index in [-0.39, 0.29) is 11.4 Å². The molecule has 5 nitrogen and oxygen atoms in total. The van der Waals surface area contributed by atoms with Crippen LogP contribution in [0.25, 0.3) is 11.3 Å². The molecule has 0 aliphatic rings. The molecule has 0 saturated heterocycles. The number of halogens is 3. The minimum Gasteiger partial charge on any atom is -0.256 e. The topological polar surface area (TPSA) is 72.0 Å². The van der Waals surface area contributed by atoms with Gasteiger partial charge in [0.2, 0.25) is 10.0 Å². The monoisotopic (exact) mass is 399 g/mol. The Kier molecular flexibility index (Phi) is 5.08. The van der Waals surface area contributed by atoms with Gasteiger partial charge >= 0.3 is 6.18 Å². The number of hydrogen-bond donors (Lipinski definition) is 1. The zero-order valence-corrected chi connectivity index (χ0v) is 14.7. The maximum Gasteiger partial charge on any atom is 0.416 e. The van der Waals surface area contributed by atoms with Gasteiger partial charge in [-0.2, -0.15) is 24.5 Å². The van der Waals surface area contributed by atoms with E-state index in [1.54, 1.807) is 0 Å². The molecule has 0 aliphatic carbocycles. The minimum absolute atomic E-state index is 0.137. The van der Waals surface area contributed by atoms with Crippen LogP contribution in [0.3, 0.4) is 0 Å². The Morgan fingerprint density at radius 3 is 2.35 bits per heavy atom. The molecule has 0 spiro atoms. The summed E-state index contributed by atoms with van der Waals surface area (Å²) in [5, 5.41) is 3.72. The first kappa shape index (κ1) is 18.5. The van der Waals surface area contributed by atoms with Gasteiger partial charge < -0.3 is 0 Å². The molecule has 0 bridgehead atoms. The fourth-order valence-corrected chi connectivity index (χ4v) is 3.83. The van der Waals surface area contributed by atoms with Crippen molar-refractivity contribution in [2.24, 2.45) is 0 Å². The quantitative estimate of drug-likeness (QED) is 0.710. The highest BCUT2D eigenvalue weighted by Crippen LogP contribution is 2.29. The summed E-state index contributed by atoms with van der Waals surface area (Å²) in [4.78, 5) is 8.10. The summed E-state index contributed by atoms with van der Waals surface area (Å²) in [5.74, 6) is 0. The molecule has 0 unspecified atom stereocenters. The number of rotatable bonds is 5. The molecule has 2 heterocycles. The molecule has 0 amide bonds. The molecule has 136 valence electrons. The van der Waals surface area contributed by atoms with Crippen molar-refractivity contribution in [1.82, 2.24) is 14.7 Å². The molecule has 0 saturated carbocycles. The van der Waals surface area contributed by atoms with Crippen LogP contribution in [-0.2, 0) is 22.7 Å². The van der Waals surface area contributed by atoms with E-state index in [2.05, 4.69) is 14.7 Å². The molecule has 0 radical (unpaired) electrons. The lowest BCUT2D eigenvalue weighted by Gasteiger charge is -2.10. The van der Waals surface area contributed by atoms with E-state index in [1.807, 2.05) is 16.8 Å². The van der Waals surface area contributed by atoms with E-state index in [9.17, 15) is 21.6 Å². The summed E-state index contributed by atoms with van der Waals surface area (Å²) in [6.45, 7) is -0.137. The number of nitrogens with one attached hydrogen (secondary N) is 1. The third kappa shape index (κ3) is 4.09. The van der Waals surface area contributed by atoms with Crippen LogP contribution in [0.15, 0.2) is 58.4 Å². The molecule has 0 aliphatic heterocycles. The van der Waals surface area contributed by atoms with Gasteiger partial charge in [0.25, 0.3) is 0 Å². The van der Waals surface area contributed by atoms with Gasteiger partial charge in [-0.25, -0.2) is 13.1 Å². The van der Waals surface area contributed by atoms with E-state index in [0.29, 0.717) is 11.4 Å². The number of thiophene rings is 1. The highest BCUT2D eigenvalue weighted by atomic mass is 32.2. The van der Waals surface area contributed by atoms with Crippen LogP contribution in [0.4, 0.5) is 13.2 Å². The molecule has 0 atom stereocenters. The lowest BCUT2D eigenvalue weighted by Crippen LogP contribution is -2.24. The highest BCUT2D eigenvalue weighted by molar-refractivity contribution is 7.89. The van der Waals surface area contributed by atoms with Crippen LogP contribution in [0, 0.1) is 0 Å². The Labute approximate surface area is 151 Å². The van der Waals surface area contributed by atoms with Crippen molar-refractivity contribution in [2.45, 2.75) is 17.6 Å². The predicted octanol–water partition coefficient (Wildman–Crippen LogP) is 3.70. The SMILES string of the molecule is O=S(=O)(NCc1nccnc1-c1ccsc1)c1ccc(C(F)(F)F)cc1. The third-order valence-corrected chi connectivity index (χ3v) is 5.59. The van der Waals surface area contributed by atoms with Crippen molar-refractivity contribution in [3.63, 3.8) is 0 Å². The molecule has 3 aromatic rings. The molecule has 2 aromatic heterocycles. The second-order valence-electron chi connectivity index (χ2n) is 5.21. The Hall–Kier alpha value is -2.30. The molecule has 1 aromatic carbocycles. The van der Waals surface area contributed by atoms with E-state index in [4.69, 9.17) is 0 Å². The van der Waals surface area contributed by atoms with E-state index >= 15 is 0 Å². The van der Waals surface area contributed by atoms with Gasteiger partial charge in [0.1, 0.15) is 0 Å². The fourth-order valence-electron chi connectivity index (χ4n) is 2.21. The summed E-state index contributed by atoms with van der Waals surface area (Å²) in [7, 11) is -3.99. The standard InChI is InChI=1S/C16H12F3N3O2S2/c17-16(18,19)12-1-3-13(4-2-12)26(23,24)22-9-14-15(21-7-6-20-14)11-5-8-25-10-11/h1-8,10,22H,9H2. The van der Waals surface area contributed by atoms with Gasteiger partial charge in [-0.15, -0.1) is 0 Å². The maximum absolute atomic E-state index is 12.6. The van der Waals surface area contributed by atoms with Crippen molar-refractivity contribution in [2.75, 3.05) is 0 Å². The Balaban J connectivity index is 1.80. The van der Waals surface area contributed by atoms with Gasteiger partial charge in [0.05, 0.1) is 28.4 Å². The van der Waals surface area contributed by atoms with Crippen molar-refractivity contribution in [3.05, 3.63) is 64.7 Å². The second-order valence-corrected chi connectivity index (χ2v) is 7.76. The molecule has 3 rings (SSSR count). The van der Waals surface area contributed by atoms with Crippen LogP contribution in [0.5, 0.6) is 0 Å². The lowest BCUT2D eigenvalue weighted by atomic mass is 10.2. The maximum atomic E-state index is 12.6. The van der Waals surface area contributed by atoms with Gasteiger partial charge in [-0.05, 0) is 35.7 Å². The number of sulfonamides is 1. The molecule has 0 fully saturated rings. The first-order valence-electron chi connectivity index (χ1n) is 7.27. The summed E-state index contributed by atoms with van der Waals surface area (Å²) < 4.78 is 64.8. The third-order valence-electron chi connectivity index (χ3n) is 3.49. The van der Waals surface area contributed by atoms with Crippen molar-refractivity contribution in [3.8, 4) is 11.3 Å². The zero-order valence-electron chi connectivity index (χ0n) is 13.1. The molecule has 1 N–H and O–H groups in total. The van der Waals surface area contributed by atoms with Gasteiger partial charge in [-0.3, -0.25) is 9.97 Å². The average molecular weight is 399 g/mol. The second kappa shape index (κ2) is 7.14. The summed E-state index contributed by atoms with van der Waals surface area (Å²) in [5.41, 5.74) is 0.863. The highest BCUT2D eigenvalue weighted by Gasteiger charge is 2.30. The van der Waals surface area contributed by atoms with Crippen molar-refractivity contribution < 1.29 is 21.6 Å². The van der Waals surface area contributed by atoms with E-state index < -0.39 is 21.8 Å².